The molecule has 0 radical (unpaired) electrons. The van der Waals surface area contributed by atoms with E-state index < -0.39 is 31.7 Å². The first-order chi connectivity index (χ1) is 17.0. The normalized spacial score (nSPS) is 18.2. The number of fused-ring (bicyclic) bond motifs is 1. The highest BCUT2D eigenvalue weighted by Gasteiger charge is 2.34. The van der Waals surface area contributed by atoms with Crippen molar-refractivity contribution in [3.63, 3.8) is 0 Å². The van der Waals surface area contributed by atoms with Gasteiger partial charge in [-0.05, 0) is 50.1 Å². The topological polar surface area (TPSA) is 115 Å². The second kappa shape index (κ2) is 11.0. The number of aromatic nitrogens is 1. The Kier molecular flexibility index (Phi) is 8.39. The first-order valence-corrected chi connectivity index (χ1v) is 16.6. The fraction of sp³-hybridized carbons (Fsp3) is 0.455. The fourth-order valence-electron chi connectivity index (χ4n) is 4.00. The molecule has 36 heavy (non-hydrogen) atoms. The number of rotatable bonds is 8. The van der Waals surface area contributed by atoms with Crippen LogP contribution in [0.2, 0.25) is 4.34 Å². The highest BCUT2D eigenvalue weighted by molar-refractivity contribution is 7.91. The molecule has 2 aromatic heterocycles. The number of carbonyl (C=O) groups is 1. The summed E-state index contributed by atoms with van der Waals surface area (Å²) in [6.45, 7) is 3.62. The summed E-state index contributed by atoms with van der Waals surface area (Å²) in [5.41, 5.74) is 0.751. The van der Waals surface area contributed by atoms with Gasteiger partial charge in [-0.15, -0.1) is 11.3 Å². The van der Waals surface area contributed by atoms with Crippen molar-refractivity contribution >= 4 is 70.3 Å². The molecule has 14 heteroatoms. The molecule has 0 aliphatic carbocycles. The zero-order valence-corrected chi connectivity index (χ0v) is 23.7. The highest BCUT2D eigenvalue weighted by Crippen LogP contribution is 2.31. The van der Waals surface area contributed by atoms with Crippen molar-refractivity contribution in [3.05, 3.63) is 39.5 Å². The van der Waals surface area contributed by atoms with Gasteiger partial charge in [0.1, 0.15) is 4.21 Å². The van der Waals surface area contributed by atoms with E-state index in [1.165, 1.54) is 27.8 Å². The Labute approximate surface area is 223 Å². The van der Waals surface area contributed by atoms with Gasteiger partial charge in [-0.2, -0.15) is 9.30 Å². The maximum atomic E-state index is 13.2. The molecule has 1 atom stereocenters. The van der Waals surface area contributed by atoms with Gasteiger partial charge in [-0.3, -0.25) is 4.79 Å². The van der Waals surface area contributed by atoms with Crippen molar-refractivity contribution in [2.24, 2.45) is 10.9 Å². The third kappa shape index (κ3) is 5.93. The van der Waals surface area contributed by atoms with Gasteiger partial charge in [-0.25, -0.2) is 16.8 Å². The lowest BCUT2D eigenvalue weighted by Gasteiger charge is -2.29. The Hall–Kier alpha value is -1.61. The smallest absolute Gasteiger partial charge is 0.252 e. The predicted molar refractivity (Wildman–Crippen MR) is 141 cm³/mol. The van der Waals surface area contributed by atoms with E-state index in [-0.39, 0.29) is 15.6 Å². The van der Waals surface area contributed by atoms with E-state index >= 15 is 0 Å². The number of hydrogen-bond donors (Lipinski definition) is 0. The Morgan fingerprint density at radius 1 is 1.19 bits per heavy atom. The van der Waals surface area contributed by atoms with Gasteiger partial charge >= 0.3 is 0 Å². The van der Waals surface area contributed by atoms with Gasteiger partial charge in [0.2, 0.25) is 0 Å². The molecule has 1 aromatic carbocycles. The third-order valence-corrected chi connectivity index (χ3v) is 11.5. The van der Waals surface area contributed by atoms with E-state index in [2.05, 4.69) is 4.99 Å². The van der Waals surface area contributed by atoms with Crippen LogP contribution in [0, 0.1) is 5.92 Å². The number of hydrogen-bond acceptors (Lipinski definition) is 8. The molecule has 1 aliphatic rings. The van der Waals surface area contributed by atoms with Gasteiger partial charge in [-0.1, -0.05) is 22.9 Å². The average Bonchev–Trinajstić information content (AvgIpc) is 3.42. The molecule has 1 amide bonds. The minimum Gasteiger partial charge on any atom is -0.380 e. The Morgan fingerprint density at radius 2 is 1.97 bits per heavy atom. The maximum Gasteiger partial charge on any atom is 0.252 e. The lowest BCUT2D eigenvalue weighted by molar-refractivity contribution is -0.122. The molecule has 3 heterocycles. The molecule has 4 rings (SSSR count). The molecule has 1 unspecified atom stereocenters. The summed E-state index contributed by atoms with van der Waals surface area (Å²) in [6.07, 6.45) is 2.22. The first-order valence-electron chi connectivity index (χ1n) is 11.3. The zero-order chi connectivity index (χ0) is 26.1. The van der Waals surface area contributed by atoms with Crippen LogP contribution in [-0.2, 0) is 35.9 Å². The second-order valence-electron chi connectivity index (χ2n) is 8.35. The number of amides is 1. The molecular formula is C22H26ClN3O6S4. The van der Waals surface area contributed by atoms with Gasteiger partial charge in [0.05, 0.1) is 32.0 Å². The Bertz CT molecular complexity index is 1560. The van der Waals surface area contributed by atoms with Gasteiger partial charge < -0.3 is 9.30 Å². The van der Waals surface area contributed by atoms with Crippen molar-refractivity contribution in [2.75, 3.05) is 32.6 Å². The average molecular weight is 592 g/mol. The van der Waals surface area contributed by atoms with Crippen LogP contribution in [0.5, 0.6) is 0 Å². The van der Waals surface area contributed by atoms with E-state index in [0.29, 0.717) is 53.0 Å². The van der Waals surface area contributed by atoms with E-state index in [1.807, 2.05) is 11.5 Å². The summed E-state index contributed by atoms with van der Waals surface area (Å²) >= 11 is 8.14. The van der Waals surface area contributed by atoms with Crippen LogP contribution in [0.3, 0.4) is 0 Å². The number of benzene rings is 1. The van der Waals surface area contributed by atoms with Crippen molar-refractivity contribution in [3.8, 4) is 0 Å². The molecule has 0 spiro atoms. The number of thiazole rings is 1. The summed E-state index contributed by atoms with van der Waals surface area (Å²) in [6, 6.07) is 7.84. The number of sulfone groups is 1. The molecule has 3 aromatic rings. The summed E-state index contributed by atoms with van der Waals surface area (Å²) in [5, 5.41) is 0. The minimum absolute atomic E-state index is 0.0439. The first kappa shape index (κ1) is 27.4. The van der Waals surface area contributed by atoms with Gasteiger partial charge in [0.25, 0.3) is 15.9 Å². The second-order valence-corrected chi connectivity index (χ2v) is 15.3. The maximum absolute atomic E-state index is 13.2. The van der Waals surface area contributed by atoms with Crippen molar-refractivity contribution < 1.29 is 26.4 Å². The van der Waals surface area contributed by atoms with Crippen LogP contribution in [-0.4, -0.2) is 64.2 Å². The van der Waals surface area contributed by atoms with Crippen LogP contribution >= 0.6 is 34.3 Å². The Balaban J connectivity index is 1.66. The zero-order valence-electron chi connectivity index (χ0n) is 19.7. The number of ether oxygens (including phenoxy) is 1. The van der Waals surface area contributed by atoms with E-state index in [0.717, 1.165) is 23.1 Å². The van der Waals surface area contributed by atoms with Gasteiger partial charge in [0.15, 0.2) is 14.6 Å². The molecule has 1 fully saturated rings. The standard InChI is InChI=1S/C22H26ClN3O6S4/c1-3-32-12-11-26-17-7-6-16(35(2,28)29)13-18(17)33-22(26)24-21(27)15-5-4-10-25(14-15)36(30,31)20-9-8-19(23)34-20/h6-9,13,15H,3-5,10-12,14H2,1-2H3. The third-order valence-electron chi connectivity index (χ3n) is 5.83. The van der Waals surface area contributed by atoms with Crippen LogP contribution in [0.25, 0.3) is 10.2 Å². The van der Waals surface area contributed by atoms with E-state index in [1.54, 1.807) is 18.2 Å². The molecule has 0 saturated carbocycles. The monoisotopic (exact) mass is 591 g/mol. The summed E-state index contributed by atoms with van der Waals surface area (Å²) in [7, 11) is -7.14. The molecule has 1 saturated heterocycles. The van der Waals surface area contributed by atoms with Crippen molar-refractivity contribution in [1.82, 2.24) is 8.87 Å². The molecule has 0 bridgehead atoms. The van der Waals surface area contributed by atoms with Crippen molar-refractivity contribution in [1.29, 1.82) is 0 Å². The van der Waals surface area contributed by atoms with Crippen LogP contribution in [0.15, 0.2) is 44.4 Å². The number of piperidine rings is 1. The number of halogens is 1. The van der Waals surface area contributed by atoms with E-state index in [9.17, 15) is 21.6 Å². The lowest BCUT2D eigenvalue weighted by Crippen LogP contribution is -2.42. The highest BCUT2D eigenvalue weighted by atomic mass is 35.5. The molecule has 1 aliphatic heterocycles. The quantitative estimate of drug-likeness (QED) is 0.371. The van der Waals surface area contributed by atoms with Crippen LogP contribution in [0.1, 0.15) is 19.8 Å². The molecule has 196 valence electrons. The molecule has 9 nitrogen and oxygen atoms in total. The van der Waals surface area contributed by atoms with Gasteiger partial charge in [0, 0.05) is 32.5 Å². The summed E-state index contributed by atoms with van der Waals surface area (Å²) in [4.78, 5) is 18.2. The number of sulfonamides is 1. The number of nitrogens with zero attached hydrogens (tertiary/aromatic N) is 3. The minimum atomic E-state index is -3.75. The lowest BCUT2D eigenvalue weighted by atomic mass is 9.99. The number of thiophene rings is 1. The molecule has 0 N–H and O–H groups in total. The number of carbonyl (C=O) groups excluding carboxylic acids is 1. The van der Waals surface area contributed by atoms with Crippen LogP contribution < -0.4 is 4.80 Å². The largest absolute Gasteiger partial charge is 0.380 e. The summed E-state index contributed by atoms with van der Waals surface area (Å²) in [5.74, 6) is -0.986. The fourth-order valence-corrected chi connectivity index (χ4v) is 8.98. The Morgan fingerprint density at radius 3 is 2.64 bits per heavy atom. The van der Waals surface area contributed by atoms with Crippen molar-refractivity contribution in [2.45, 2.75) is 35.4 Å². The predicted octanol–water partition coefficient (Wildman–Crippen LogP) is 3.39. The van der Waals surface area contributed by atoms with E-state index in [4.69, 9.17) is 16.3 Å². The molecular weight excluding hydrogens is 566 g/mol. The summed E-state index contributed by atoms with van der Waals surface area (Å²) < 4.78 is 60.0. The van der Waals surface area contributed by atoms with Crippen LogP contribution in [0.4, 0.5) is 0 Å². The SMILES string of the molecule is CCOCCn1c(=NC(=O)C2CCCN(S(=O)(=O)c3ccc(Cl)s3)C2)sc2cc(S(C)(=O)=O)ccc21.